The minimum Gasteiger partial charge on any atom is -0.298 e. The molecule has 0 amide bonds. The van der Waals surface area contributed by atoms with Gasteiger partial charge in [-0.25, -0.2) is 0 Å². The first-order chi connectivity index (χ1) is 8.81. The van der Waals surface area contributed by atoms with Crippen LogP contribution in [0.15, 0.2) is 0 Å². The largest absolute Gasteiger partial charge is 0.298 e. The maximum Gasteiger partial charge on any atom is 0.0224 e. The van der Waals surface area contributed by atoms with Gasteiger partial charge in [-0.05, 0) is 39.3 Å². The van der Waals surface area contributed by atoms with Gasteiger partial charge in [-0.3, -0.25) is 9.80 Å². The normalized spacial score (nSPS) is 29.7. The lowest BCUT2D eigenvalue weighted by molar-refractivity contribution is 0.0583. The number of hydrogen-bond donors (Lipinski definition) is 0. The van der Waals surface area contributed by atoms with Crippen LogP contribution in [0.2, 0.25) is 0 Å². The van der Waals surface area contributed by atoms with Gasteiger partial charge in [0.2, 0.25) is 0 Å². The van der Waals surface area contributed by atoms with Gasteiger partial charge in [0.15, 0.2) is 0 Å². The lowest BCUT2D eigenvalue weighted by atomic mass is 10.1. The van der Waals surface area contributed by atoms with Gasteiger partial charge in [0, 0.05) is 25.2 Å². The first kappa shape index (κ1) is 14.3. The molecule has 2 atom stereocenters. The smallest absolute Gasteiger partial charge is 0.0224 e. The maximum atomic E-state index is 2.76. The van der Waals surface area contributed by atoms with Gasteiger partial charge in [-0.1, -0.05) is 39.0 Å². The second-order valence-corrected chi connectivity index (χ2v) is 6.40. The average molecular weight is 252 g/mol. The third-order valence-corrected chi connectivity index (χ3v) is 4.87. The Labute approximate surface area is 114 Å². The summed E-state index contributed by atoms with van der Waals surface area (Å²) in [5.74, 6) is 0. The molecule has 2 aliphatic rings. The fraction of sp³-hybridized carbons (Fsp3) is 1.00. The van der Waals surface area contributed by atoms with Gasteiger partial charge in [0.25, 0.3) is 0 Å². The molecule has 0 spiro atoms. The van der Waals surface area contributed by atoms with Crippen LogP contribution in [0.4, 0.5) is 0 Å². The van der Waals surface area contributed by atoms with Gasteiger partial charge < -0.3 is 0 Å². The molecule has 2 rings (SSSR count). The second kappa shape index (κ2) is 7.49. The van der Waals surface area contributed by atoms with Crippen molar-refractivity contribution in [1.82, 2.24) is 9.80 Å². The van der Waals surface area contributed by atoms with E-state index in [0.717, 1.165) is 12.1 Å². The number of fused-ring (bicyclic) bond motifs is 1. The van der Waals surface area contributed by atoms with Crippen LogP contribution >= 0.6 is 0 Å². The van der Waals surface area contributed by atoms with Crippen LogP contribution in [0.25, 0.3) is 0 Å². The molecule has 106 valence electrons. The molecule has 18 heavy (non-hydrogen) atoms. The summed E-state index contributed by atoms with van der Waals surface area (Å²) in [5.41, 5.74) is 0. The van der Waals surface area contributed by atoms with Crippen molar-refractivity contribution in [3.63, 3.8) is 0 Å². The quantitative estimate of drug-likeness (QED) is 0.640. The van der Waals surface area contributed by atoms with E-state index in [4.69, 9.17) is 0 Å². The fourth-order valence-electron chi connectivity index (χ4n) is 3.65. The van der Waals surface area contributed by atoms with Gasteiger partial charge in [-0.15, -0.1) is 0 Å². The molecule has 2 saturated heterocycles. The van der Waals surface area contributed by atoms with Crippen LogP contribution in [-0.4, -0.2) is 48.1 Å². The Kier molecular flexibility index (Phi) is 5.97. The minimum absolute atomic E-state index is 0.787. The Morgan fingerprint density at radius 2 is 1.78 bits per heavy atom. The van der Waals surface area contributed by atoms with E-state index < -0.39 is 0 Å². The highest BCUT2D eigenvalue weighted by Gasteiger charge is 2.33. The molecule has 0 aliphatic carbocycles. The van der Waals surface area contributed by atoms with E-state index in [1.54, 1.807) is 0 Å². The number of nitrogens with zero attached hydrogens (tertiary/aromatic N) is 2. The molecular formula is C16H32N2. The number of hydrogen-bond acceptors (Lipinski definition) is 2. The van der Waals surface area contributed by atoms with Crippen LogP contribution in [0.3, 0.4) is 0 Å². The van der Waals surface area contributed by atoms with E-state index in [9.17, 15) is 0 Å². The predicted molar refractivity (Wildman–Crippen MR) is 79.0 cm³/mol. The third-order valence-electron chi connectivity index (χ3n) is 4.87. The van der Waals surface area contributed by atoms with Crippen LogP contribution in [-0.2, 0) is 0 Å². The van der Waals surface area contributed by atoms with Crippen LogP contribution in [0.5, 0.6) is 0 Å². The molecule has 2 aliphatic heterocycles. The SMILES string of the molecule is CCCCCCCCN1CC2CCCN2CC1C. The minimum atomic E-state index is 0.787. The molecule has 0 aromatic rings. The zero-order chi connectivity index (χ0) is 12.8. The van der Waals surface area contributed by atoms with Crippen LogP contribution in [0, 0.1) is 0 Å². The van der Waals surface area contributed by atoms with Crippen molar-refractivity contribution in [2.75, 3.05) is 26.2 Å². The average Bonchev–Trinajstić information content (AvgIpc) is 2.80. The van der Waals surface area contributed by atoms with Crippen molar-refractivity contribution in [3.05, 3.63) is 0 Å². The monoisotopic (exact) mass is 252 g/mol. The lowest BCUT2D eigenvalue weighted by Gasteiger charge is -2.42. The summed E-state index contributed by atoms with van der Waals surface area (Å²) in [6, 6.07) is 1.68. The van der Waals surface area contributed by atoms with Gasteiger partial charge >= 0.3 is 0 Å². The zero-order valence-electron chi connectivity index (χ0n) is 12.5. The summed E-state index contributed by atoms with van der Waals surface area (Å²) in [6.07, 6.45) is 11.4. The molecule has 2 heteroatoms. The summed E-state index contributed by atoms with van der Waals surface area (Å²) < 4.78 is 0. The molecule has 2 fully saturated rings. The first-order valence-electron chi connectivity index (χ1n) is 8.29. The Bertz CT molecular complexity index is 229. The molecule has 2 unspecified atom stereocenters. The summed E-state index contributed by atoms with van der Waals surface area (Å²) in [4.78, 5) is 5.48. The van der Waals surface area contributed by atoms with E-state index in [0.29, 0.717) is 0 Å². The molecule has 0 saturated carbocycles. The molecule has 0 aromatic carbocycles. The van der Waals surface area contributed by atoms with E-state index >= 15 is 0 Å². The zero-order valence-corrected chi connectivity index (χ0v) is 12.5. The standard InChI is InChI=1S/C16H32N2/c1-3-4-5-6-7-8-11-17-14-16-10-9-12-18(16)13-15(17)2/h15-16H,3-14H2,1-2H3. The molecule has 0 aromatic heterocycles. The maximum absolute atomic E-state index is 2.76. The Hall–Kier alpha value is -0.0800. The van der Waals surface area contributed by atoms with Crippen molar-refractivity contribution in [3.8, 4) is 0 Å². The van der Waals surface area contributed by atoms with Gasteiger partial charge in [0.05, 0.1) is 0 Å². The first-order valence-corrected chi connectivity index (χ1v) is 8.29. The Morgan fingerprint density at radius 3 is 2.61 bits per heavy atom. The Morgan fingerprint density at radius 1 is 1.00 bits per heavy atom. The lowest BCUT2D eigenvalue weighted by Crippen LogP contribution is -2.54. The third kappa shape index (κ3) is 3.96. The second-order valence-electron chi connectivity index (χ2n) is 6.40. The predicted octanol–water partition coefficient (Wildman–Crippen LogP) is 3.52. The summed E-state index contributed by atoms with van der Waals surface area (Å²) in [7, 11) is 0. The highest BCUT2D eigenvalue weighted by atomic mass is 15.3. The van der Waals surface area contributed by atoms with Crippen molar-refractivity contribution >= 4 is 0 Å². The number of unbranched alkanes of at least 4 members (excludes halogenated alkanes) is 5. The molecule has 0 N–H and O–H groups in total. The van der Waals surface area contributed by atoms with Crippen LogP contribution in [0.1, 0.15) is 65.2 Å². The summed E-state index contributed by atoms with van der Waals surface area (Å²) >= 11 is 0. The molecule has 2 nitrogen and oxygen atoms in total. The van der Waals surface area contributed by atoms with E-state index in [2.05, 4.69) is 23.6 Å². The summed E-state index contributed by atoms with van der Waals surface area (Å²) in [5, 5.41) is 0. The van der Waals surface area contributed by atoms with Crippen LogP contribution < -0.4 is 0 Å². The topological polar surface area (TPSA) is 6.48 Å². The van der Waals surface area contributed by atoms with Crippen molar-refractivity contribution < 1.29 is 0 Å². The fourth-order valence-corrected chi connectivity index (χ4v) is 3.65. The van der Waals surface area contributed by atoms with Gasteiger partial charge in [-0.2, -0.15) is 0 Å². The van der Waals surface area contributed by atoms with Crippen molar-refractivity contribution in [1.29, 1.82) is 0 Å². The van der Waals surface area contributed by atoms with E-state index in [1.807, 2.05) is 0 Å². The van der Waals surface area contributed by atoms with Crippen molar-refractivity contribution in [2.45, 2.75) is 77.3 Å². The number of rotatable bonds is 7. The summed E-state index contributed by atoms with van der Waals surface area (Å²) in [6.45, 7) is 10.1. The van der Waals surface area contributed by atoms with E-state index in [1.165, 1.54) is 77.5 Å². The Balaban J connectivity index is 1.60. The molecular weight excluding hydrogens is 220 g/mol. The highest BCUT2D eigenvalue weighted by molar-refractivity contribution is 4.90. The molecule has 2 heterocycles. The highest BCUT2D eigenvalue weighted by Crippen LogP contribution is 2.24. The molecule has 0 radical (unpaired) electrons. The molecule has 0 bridgehead atoms. The van der Waals surface area contributed by atoms with E-state index in [-0.39, 0.29) is 0 Å². The van der Waals surface area contributed by atoms with Crippen molar-refractivity contribution in [2.24, 2.45) is 0 Å². The number of piperazine rings is 1. The van der Waals surface area contributed by atoms with Gasteiger partial charge in [0.1, 0.15) is 0 Å².